The van der Waals surface area contributed by atoms with Crippen LogP contribution >= 0.6 is 27.3 Å². The van der Waals surface area contributed by atoms with Crippen molar-refractivity contribution in [3.63, 3.8) is 0 Å². The summed E-state index contributed by atoms with van der Waals surface area (Å²) < 4.78 is 84.8. The lowest BCUT2D eigenvalue weighted by atomic mass is 9.89. The first kappa shape index (κ1) is 31.7. The molecule has 2 rings (SSSR count). The molecule has 0 nitrogen and oxygen atoms in total. The average Bonchev–Trinajstić information content (AvgIpc) is 3.15. The SMILES string of the molecule is CCCCCCCCCCCCCCCCCCc1c(Br)sc(C)c1C1C(F)=C(F)C(F)(F)C1(F)F. The van der Waals surface area contributed by atoms with Crippen molar-refractivity contribution in [1.82, 2.24) is 0 Å². The van der Waals surface area contributed by atoms with E-state index in [0.717, 1.165) is 30.6 Å². The minimum absolute atomic E-state index is 0.192. The number of hydrogen-bond donors (Lipinski definition) is 0. The summed E-state index contributed by atoms with van der Waals surface area (Å²) in [6, 6.07) is 0. The Kier molecular flexibility index (Phi) is 13.4. The third-order valence-electron chi connectivity index (χ3n) is 7.27. The molecule has 1 aliphatic carbocycles. The third kappa shape index (κ3) is 8.00. The lowest BCUT2D eigenvalue weighted by Crippen LogP contribution is -2.41. The van der Waals surface area contributed by atoms with Gasteiger partial charge in [-0.25, -0.2) is 8.78 Å². The summed E-state index contributed by atoms with van der Waals surface area (Å²) in [5, 5.41) is 0. The lowest BCUT2D eigenvalue weighted by Gasteiger charge is -2.25. The molecule has 1 aromatic heterocycles. The van der Waals surface area contributed by atoms with Crippen LogP contribution in [0.2, 0.25) is 0 Å². The van der Waals surface area contributed by atoms with Crippen molar-refractivity contribution in [3.05, 3.63) is 31.4 Å². The van der Waals surface area contributed by atoms with Crippen LogP contribution < -0.4 is 0 Å². The summed E-state index contributed by atoms with van der Waals surface area (Å²) in [6.45, 7) is 3.72. The molecule has 0 spiro atoms. The maximum atomic E-state index is 14.4. The molecule has 0 aliphatic heterocycles. The van der Waals surface area contributed by atoms with Crippen LogP contribution in [0.15, 0.2) is 15.4 Å². The zero-order chi connectivity index (χ0) is 26.8. The van der Waals surface area contributed by atoms with Gasteiger partial charge in [0, 0.05) is 4.88 Å². The number of halogens is 7. The molecule has 0 N–H and O–H groups in total. The maximum absolute atomic E-state index is 14.4. The van der Waals surface area contributed by atoms with E-state index in [1.165, 1.54) is 84.0 Å². The first-order chi connectivity index (χ1) is 17.1. The molecule has 36 heavy (non-hydrogen) atoms. The van der Waals surface area contributed by atoms with Crippen LogP contribution in [0.5, 0.6) is 0 Å². The van der Waals surface area contributed by atoms with Gasteiger partial charge in [0.05, 0.1) is 3.79 Å². The van der Waals surface area contributed by atoms with E-state index in [1.54, 1.807) is 0 Å². The molecule has 1 aliphatic rings. The van der Waals surface area contributed by atoms with Crippen molar-refractivity contribution >= 4 is 27.3 Å². The second-order valence-electron chi connectivity index (χ2n) is 10.2. The fourth-order valence-corrected chi connectivity index (χ4v) is 7.20. The van der Waals surface area contributed by atoms with Crippen molar-refractivity contribution in [2.24, 2.45) is 0 Å². The van der Waals surface area contributed by atoms with Gasteiger partial charge in [-0.05, 0) is 46.8 Å². The Morgan fingerprint density at radius 1 is 0.722 bits per heavy atom. The first-order valence-corrected chi connectivity index (χ1v) is 15.3. The second-order valence-corrected chi connectivity index (χ2v) is 12.7. The van der Waals surface area contributed by atoms with E-state index in [2.05, 4.69) is 22.9 Å². The normalized spacial score (nSPS) is 19.0. The zero-order valence-corrected chi connectivity index (χ0v) is 24.1. The average molecular weight is 604 g/mol. The molecule has 1 atom stereocenters. The summed E-state index contributed by atoms with van der Waals surface area (Å²) in [6.07, 6.45) is 19.7. The van der Waals surface area contributed by atoms with E-state index in [4.69, 9.17) is 0 Å². The largest absolute Gasteiger partial charge is 0.364 e. The lowest BCUT2D eigenvalue weighted by molar-refractivity contribution is -0.189. The standard InChI is InChI=1S/C28H41BrF6S/c1-3-4-5-6-7-8-9-10-11-12-13-14-15-16-17-18-19-21-22(20(2)36-26(21)29)23-24(30)25(31)28(34,35)27(23,32)33/h23H,3-19H2,1-2H3. The molecule has 0 saturated carbocycles. The number of hydrogen-bond acceptors (Lipinski definition) is 1. The quantitative estimate of drug-likeness (QED) is 0.116. The molecule has 8 heteroatoms. The van der Waals surface area contributed by atoms with Gasteiger partial charge in [-0.15, -0.1) is 11.3 Å². The van der Waals surface area contributed by atoms with Gasteiger partial charge in [-0.2, -0.15) is 17.6 Å². The van der Waals surface area contributed by atoms with Crippen molar-refractivity contribution < 1.29 is 26.3 Å². The van der Waals surface area contributed by atoms with Crippen molar-refractivity contribution in [3.8, 4) is 0 Å². The Labute approximate surface area is 225 Å². The van der Waals surface area contributed by atoms with Crippen molar-refractivity contribution in [2.75, 3.05) is 0 Å². The van der Waals surface area contributed by atoms with Crippen LogP contribution in [0.1, 0.15) is 132 Å². The topological polar surface area (TPSA) is 0 Å². The number of thiophene rings is 1. The maximum Gasteiger partial charge on any atom is 0.364 e. The monoisotopic (exact) mass is 602 g/mol. The van der Waals surface area contributed by atoms with Crippen LogP contribution in [-0.2, 0) is 6.42 Å². The Hall–Kier alpha value is -0.500. The highest BCUT2D eigenvalue weighted by molar-refractivity contribution is 9.11. The summed E-state index contributed by atoms with van der Waals surface area (Å²) in [5.41, 5.74) is 0.204. The Morgan fingerprint density at radius 2 is 1.14 bits per heavy atom. The van der Waals surface area contributed by atoms with Crippen molar-refractivity contribution in [1.29, 1.82) is 0 Å². The second kappa shape index (κ2) is 15.2. The van der Waals surface area contributed by atoms with Crippen LogP contribution in [0.25, 0.3) is 0 Å². The van der Waals surface area contributed by atoms with Crippen molar-refractivity contribution in [2.45, 2.75) is 141 Å². The molecular weight excluding hydrogens is 562 g/mol. The van der Waals surface area contributed by atoms with E-state index >= 15 is 0 Å². The zero-order valence-electron chi connectivity index (χ0n) is 21.7. The molecule has 208 valence electrons. The number of rotatable bonds is 18. The molecular formula is C28H41BrF6S. The van der Waals surface area contributed by atoms with Gasteiger partial charge in [-0.3, -0.25) is 0 Å². The van der Waals surface area contributed by atoms with Gasteiger partial charge in [0.2, 0.25) is 5.83 Å². The van der Waals surface area contributed by atoms with E-state index in [0.29, 0.717) is 27.1 Å². The Morgan fingerprint density at radius 3 is 1.53 bits per heavy atom. The highest BCUT2D eigenvalue weighted by Gasteiger charge is 2.72. The van der Waals surface area contributed by atoms with Gasteiger partial charge in [0.1, 0.15) is 5.92 Å². The Bertz CT molecular complexity index is 832. The molecule has 0 amide bonds. The van der Waals surface area contributed by atoms with Gasteiger partial charge in [0.25, 0.3) is 0 Å². The predicted molar refractivity (Wildman–Crippen MR) is 142 cm³/mol. The molecule has 0 aromatic carbocycles. The molecule has 0 radical (unpaired) electrons. The highest BCUT2D eigenvalue weighted by atomic mass is 79.9. The molecule has 0 fully saturated rings. The highest BCUT2D eigenvalue weighted by Crippen LogP contribution is 2.61. The number of alkyl halides is 4. The number of aryl methyl sites for hydroxylation is 1. The van der Waals surface area contributed by atoms with Gasteiger partial charge >= 0.3 is 11.8 Å². The summed E-state index contributed by atoms with van der Waals surface area (Å²) in [7, 11) is 0. The van der Waals surface area contributed by atoms with E-state index in [1.807, 2.05) is 0 Å². The van der Waals surface area contributed by atoms with Gasteiger partial charge in [-0.1, -0.05) is 103 Å². The number of unbranched alkanes of at least 4 members (excludes halogenated alkanes) is 15. The van der Waals surface area contributed by atoms with Crippen LogP contribution in [-0.4, -0.2) is 11.8 Å². The van der Waals surface area contributed by atoms with E-state index in [9.17, 15) is 26.3 Å². The predicted octanol–water partition coefficient (Wildman–Crippen LogP) is 12.1. The van der Waals surface area contributed by atoms with Gasteiger partial charge < -0.3 is 0 Å². The molecule has 0 bridgehead atoms. The third-order valence-corrected chi connectivity index (χ3v) is 9.19. The molecule has 1 aromatic rings. The molecule has 1 heterocycles. The summed E-state index contributed by atoms with van der Waals surface area (Å²) >= 11 is 4.42. The minimum atomic E-state index is -5.13. The smallest absolute Gasteiger partial charge is 0.208 e. The number of allylic oxidation sites excluding steroid dienone is 2. The molecule has 1 unspecified atom stereocenters. The fraction of sp³-hybridized carbons (Fsp3) is 0.786. The van der Waals surface area contributed by atoms with E-state index in [-0.39, 0.29) is 5.56 Å². The van der Waals surface area contributed by atoms with Crippen LogP contribution in [0, 0.1) is 6.92 Å². The first-order valence-electron chi connectivity index (χ1n) is 13.7. The minimum Gasteiger partial charge on any atom is -0.208 e. The van der Waals surface area contributed by atoms with Crippen LogP contribution in [0.3, 0.4) is 0 Å². The molecule has 0 saturated heterocycles. The summed E-state index contributed by atoms with van der Waals surface area (Å²) in [5.74, 6) is -17.2. The fourth-order valence-electron chi connectivity index (χ4n) is 5.10. The van der Waals surface area contributed by atoms with Gasteiger partial charge in [0.15, 0.2) is 5.83 Å². The summed E-state index contributed by atoms with van der Waals surface area (Å²) in [4.78, 5) is 0.304. The Balaban J connectivity index is 1.67. The van der Waals surface area contributed by atoms with Crippen LogP contribution in [0.4, 0.5) is 26.3 Å². The van der Waals surface area contributed by atoms with E-state index < -0.39 is 29.4 Å².